The van der Waals surface area contributed by atoms with Gasteiger partial charge >= 0.3 is 18.0 Å². The van der Waals surface area contributed by atoms with Crippen molar-refractivity contribution in [1.82, 2.24) is 29.5 Å². The number of phenols is 1. The van der Waals surface area contributed by atoms with Gasteiger partial charge in [-0.15, -0.1) is 5.10 Å². The molecular weight excluding hydrogens is 629 g/mol. The molecule has 0 aliphatic carbocycles. The second-order valence-electron chi connectivity index (χ2n) is 11.9. The van der Waals surface area contributed by atoms with E-state index in [1.54, 1.807) is 4.90 Å². The predicted molar refractivity (Wildman–Crippen MR) is 164 cm³/mol. The molecule has 2 aromatic carbocycles. The van der Waals surface area contributed by atoms with Gasteiger partial charge in [0.15, 0.2) is 11.9 Å². The van der Waals surface area contributed by atoms with E-state index in [-0.39, 0.29) is 42.8 Å². The highest BCUT2D eigenvalue weighted by Gasteiger charge is 2.38. The summed E-state index contributed by atoms with van der Waals surface area (Å²) in [4.78, 5) is 47.5. The topological polar surface area (TPSA) is 124 Å². The molecule has 1 aromatic heterocycles. The first-order valence-corrected chi connectivity index (χ1v) is 15.4. The number of aromatic nitrogens is 3. The summed E-state index contributed by atoms with van der Waals surface area (Å²) in [6, 6.07) is 11.0. The normalized spacial score (nSPS) is 17.4. The number of alkyl halides is 3. The summed E-state index contributed by atoms with van der Waals surface area (Å²) in [5.74, 6) is -1.19. The van der Waals surface area contributed by atoms with Crippen molar-refractivity contribution in [3.8, 4) is 17.1 Å². The first kappa shape index (κ1) is 33.3. The van der Waals surface area contributed by atoms with Crippen LogP contribution in [0.2, 0.25) is 5.02 Å². The molecule has 0 bridgehead atoms. The number of hydrogen-bond acceptors (Lipinski definition) is 7. The Kier molecular flexibility index (Phi) is 9.96. The highest BCUT2D eigenvalue weighted by Crippen LogP contribution is 2.40. The number of amides is 2. The summed E-state index contributed by atoms with van der Waals surface area (Å²) in [5.41, 5.74) is -0.964. The second kappa shape index (κ2) is 13.8. The summed E-state index contributed by atoms with van der Waals surface area (Å²) >= 11 is 5.92. The third-order valence-corrected chi connectivity index (χ3v) is 8.92. The summed E-state index contributed by atoms with van der Waals surface area (Å²) in [6.07, 6.45) is -5.31. The van der Waals surface area contributed by atoms with Crippen LogP contribution >= 0.6 is 11.6 Å². The minimum atomic E-state index is -4.89. The lowest BCUT2D eigenvalue weighted by molar-refractivity contribution is -0.142. The van der Waals surface area contributed by atoms with E-state index in [1.165, 1.54) is 9.58 Å². The van der Waals surface area contributed by atoms with Gasteiger partial charge < -0.3 is 24.5 Å². The highest BCUT2D eigenvalue weighted by atomic mass is 35.5. The largest absolute Gasteiger partial charge is 0.506 e. The molecule has 5 rings (SSSR count). The van der Waals surface area contributed by atoms with Gasteiger partial charge in [0.1, 0.15) is 5.75 Å². The zero-order valence-electron chi connectivity index (χ0n) is 25.5. The molecule has 2 amide bonds. The number of aromatic hydroxyl groups is 1. The van der Waals surface area contributed by atoms with Crippen LogP contribution in [-0.4, -0.2) is 99.0 Å². The van der Waals surface area contributed by atoms with Gasteiger partial charge in [-0.1, -0.05) is 41.9 Å². The maximum atomic E-state index is 13.7. The Labute approximate surface area is 268 Å². The quantitative estimate of drug-likeness (QED) is 0.380. The number of carbonyl (C=O) groups excluding carboxylic acids is 2. The van der Waals surface area contributed by atoms with Crippen LogP contribution in [0.25, 0.3) is 11.4 Å². The third kappa shape index (κ3) is 7.49. The van der Waals surface area contributed by atoms with Crippen LogP contribution < -0.4 is 5.69 Å². The molecule has 2 aliphatic heterocycles. The molecule has 2 N–H and O–H groups in total. The van der Waals surface area contributed by atoms with E-state index in [1.807, 2.05) is 44.4 Å². The number of piperidine rings is 2. The molecule has 11 nitrogen and oxygen atoms in total. The number of halogens is 4. The van der Waals surface area contributed by atoms with E-state index in [0.29, 0.717) is 50.7 Å². The number of benzene rings is 2. The SMILES string of the molecule is CN(C)C1CCN(C(=O)[C@@H](Cc2cc(Cl)c(O)c(C(F)(F)F)c2)OC(=O)N2CCC(n3nc(-c4ccccc4)[nH]c3=O)CC2)CC1. The first-order valence-electron chi connectivity index (χ1n) is 15.1. The van der Waals surface area contributed by atoms with E-state index in [2.05, 4.69) is 15.0 Å². The molecule has 2 fully saturated rings. The maximum Gasteiger partial charge on any atom is 0.420 e. The van der Waals surface area contributed by atoms with Crippen molar-refractivity contribution in [3.63, 3.8) is 0 Å². The van der Waals surface area contributed by atoms with E-state index >= 15 is 0 Å². The first-order chi connectivity index (χ1) is 21.8. The van der Waals surface area contributed by atoms with Gasteiger partial charge in [0, 0.05) is 44.2 Å². The van der Waals surface area contributed by atoms with E-state index in [9.17, 15) is 32.7 Å². The molecule has 2 saturated heterocycles. The number of aromatic amines is 1. The number of hydrogen-bond donors (Lipinski definition) is 2. The molecule has 46 heavy (non-hydrogen) atoms. The van der Waals surface area contributed by atoms with Crippen LogP contribution in [-0.2, 0) is 22.1 Å². The zero-order chi connectivity index (χ0) is 33.2. The van der Waals surface area contributed by atoms with Crippen LogP contribution in [0.15, 0.2) is 47.3 Å². The molecule has 15 heteroatoms. The molecule has 0 saturated carbocycles. The maximum absolute atomic E-state index is 13.7. The number of nitrogens with zero attached hydrogens (tertiary/aromatic N) is 5. The minimum absolute atomic E-state index is 0.0183. The van der Waals surface area contributed by atoms with Gasteiger partial charge in [-0.2, -0.15) is 13.2 Å². The van der Waals surface area contributed by atoms with E-state index in [4.69, 9.17) is 16.3 Å². The van der Waals surface area contributed by atoms with Crippen molar-refractivity contribution in [3.05, 3.63) is 69.1 Å². The van der Waals surface area contributed by atoms with Crippen LogP contribution in [0.5, 0.6) is 5.75 Å². The van der Waals surface area contributed by atoms with Crippen molar-refractivity contribution in [2.24, 2.45) is 0 Å². The van der Waals surface area contributed by atoms with Gasteiger partial charge in [0.05, 0.1) is 16.6 Å². The molecule has 248 valence electrons. The molecular formula is C31H36ClF3N6O5. The number of rotatable bonds is 7. The Balaban J connectivity index is 1.30. The van der Waals surface area contributed by atoms with Crippen LogP contribution in [0.1, 0.15) is 42.9 Å². The molecule has 0 spiro atoms. The summed E-state index contributed by atoms with van der Waals surface area (Å²) < 4.78 is 47.9. The van der Waals surface area contributed by atoms with Crippen molar-refractivity contribution in [2.45, 2.75) is 56.5 Å². The average molecular weight is 665 g/mol. The Bertz CT molecular complexity index is 1600. The zero-order valence-corrected chi connectivity index (χ0v) is 26.2. The number of nitrogens with one attached hydrogen (secondary N) is 1. The van der Waals surface area contributed by atoms with E-state index < -0.39 is 40.6 Å². The molecule has 0 unspecified atom stereocenters. The van der Waals surface area contributed by atoms with Crippen molar-refractivity contribution in [1.29, 1.82) is 0 Å². The van der Waals surface area contributed by atoms with Gasteiger partial charge in [-0.3, -0.25) is 9.78 Å². The third-order valence-electron chi connectivity index (χ3n) is 8.63. The lowest BCUT2D eigenvalue weighted by atomic mass is 10.0. The van der Waals surface area contributed by atoms with Gasteiger partial charge in [0.25, 0.3) is 5.91 Å². The molecule has 0 radical (unpaired) electrons. The average Bonchev–Trinajstić information content (AvgIpc) is 3.43. The van der Waals surface area contributed by atoms with Crippen LogP contribution in [0.3, 0.4) is 0 Å². The van der Waals surface area contributed by atoms with Gasteiger partial charge in [-0.25, -0.2) is 14.3 Å². The molecule has 2 aliphatic rings. The number of H-pyrrole nitrogens is 1. The molecule has 3 aromatic rings. The Hall–Kier alpha value is -4.04. The Morgan fingerprint density at radius 3 is 2.30 bits per heavy atom. The monoisotopic (exact) mass is 664 g/mol. The number of carbonyl (C=O) groups is 2. The van der Waals surface area contributed by atoms with Gasteiger partial charge in [0.2, 0.25) is 0 Å². The molecule has 1 atom stereocenters. The smallest absolute Gasteiger partial charge is 0.420 e. The van der Waals surface area contributed by atoms with Crippen molar-refractivity contribution >= 4 is 23.6 Å². The fraction of sp³-hybridized carbons (Fsp3) is 0.484. The predicted octanol–water partition coefficient (Wildman–Crippen LogP) is 4.55. The lowest BCUT2D eigenvalue weighted by Crippen LogP contribution is -2.50. The Morgan fingerprint density at radius 1 is 1.07 bits per heavy atom. The number of phenolic OH excluding ortho intramolecular Hbond substituents is 1. The summed E-state index contributed by atoms with van der Waals surface area (Å²) in [7, 11) is 3.90. The summed E-state index contributed by atoms with van der Waals surface area (Å²) in [6.45, 7) is 1.22. The number of likely N-dealkylation sites (tertiary alicyclic amines) is 2. The van der Waals surface area contributed by atoms with Crippen LogP contribution in [0.4, 0.5) is 18.0 Å². The van der Waals surface area contributed by atoms with Crippen molar-refractivity contribution in [2.75, 3.05) is 40.3 Å². The lowest BCUT2D eigenvalue weighted by Gasteiger charge is -2.37. The van der Waals surface area contributed by atoms with Gasteiger partial charge in [-0.05, 0) is 57.5 Å². The van der Waals surface area contributed by atoms with Crippen molar-refractivity contribution < 1.29 is 32.6 Å². The fourth-order valence-electron chi connectivity index (χ4n) is 5.99. The minimum Gasteiger partial charge on any atom is -0.506 e. The highest BCUT2D eigenvalue weighted by molar-refractivity contribution is 6.32. The summed E-state index contributed by atoms with van der Waals surface area (Å²) in [5, 5.41) is 13.8. The molecule has 3 heterocycles. The fourth-order valence-corrected chi connectivity index (χ4v) is 6.23. The second-order valence-corrected chi connectivity index (χ2v) is 12.3. The van der Waals surface area contributed by atoms with Crippen LogP contribution in [0, 0.1) is 0 Å². The standard InChI is InChI=1S/C31H36ClF3N6O5/c1-38(2)21-8-12-39(13-9-21)28(43)25(18-19-16-23(31(33,34)35)26(42)24(32)17-19)46-30(45)40-14-10-22(11-15-40)41-29(44)36-27(37-41)20-6-4-3-5-7-20/h3-7,16-17,21-22,25,42H,8-15,18H2,1-2H3,(H,36,37,44)/t25-/m1/s1. The number of ether oxygens (including phenoxy) is 1. The van der Waals surface area contributed by atoms with E-state index in [0.717, 1.165) is 11.6 Å². The Morgan fingerprint density at radius 2 is 1.70 bits per heavy atom.